The second-order valence-corrected chi connectivity index (χ2v) is 10.6. The maximum Gasteiger partial charge on any atom is 0.252 e. The van der Waals surface area contributed by atoms with E-state index in [0.717, 1.165) is 53.8 Å². The molecule has 3 heterocycles. The van der Waals surface area contributed by atoms with Crippen molar-refractivity contribution in [1.29, 1.82) is 0 Å². The van der Waals surface area contributed by atoms with Crippen molar-refractivity contribution < 1.29 is 4.74 Å². The van der Waals surface area contributed by atoms with E-state index in [1.807, 2.05) is 23.7 Å². The summed E-state index contributed by atoms with van der Waals surface area (Å²) in [6.45, 7) is 14.7. The summed E-state index contributed by atoms with van der Waals surface area (Å²) in [4.78, 5) is 18.5. The van der Waals surface area contributed by atoms with Gasteiger partial charge in [0.2, 0.25) is 0 Å². The third-order valence-electron chi connectivity index (χ3n) is 6.33. The Bertz CT molecular complexity index is 1150. The monoisotopic (exact) mass is 452 g/mol. The van der Waals surface area contributed by atoms with Gasteiger partial charge in [-0.1, -0.05) is 26.0 Å². The van der Waals surface area contributed by atoms with Crippen molar-refractivity contribution in [2.24, 2.45) is 5.92 Å². The lowest BCUT2D eigenvalue weighted by molar-refractivity contribution is 0.0371. The van der Waals surface area contributed by atoms with Crippen molar-refractivity contribution in [3.05, 3.63) is 51.6 Å². The van der Waals surface area contributed by atoms with Gasteiger partial charge in [-0.3, -0.25) is 9.69 Å². The normalized spacial score (nSPS) is 18.0. The second-order valence-electron chi connectivity index (χ2n) is 10.6. The molecule has 1 saturated heterocycles. The van der Waals surface area contributed by atoms with E-state index in [-0.39, 0.29) is 29.2 Å². The van der Waals surface area contributed by atoms with Gasteiger partial charge >= 0.3 is 0 Å². The van der Waals surface area contributed by atoms with Crippen LogP contribution in [0.4, 0.5) is 0 Å². The van der Waals surface area contributed by atoms with Crippen LogP contribution < -0.4 is 5.56 Å². The molecular formula is C25H36N6O2. The van der Waals surface area contributed by atoms with Crippen LogP contribution in [0.2, 0.25) is 0 Å². The van der Waals surface area contributed by atoms with E-state index in [9.17, 15) is 4.79 Å². The van der Waals surface area contributed by atoms with Crippen LogP contribution in [-0.4, -0.2) is 49.3 Å². The molecule has 1 N–H and O–H groups in total. The van der Waals surface area contributed by atoms with Crippen molar-refractivity contribution in [2.75, 3.05) is 13.2 Å². The van der Waals surface area contributed by atoms with Crippen LogP contribution in [0.1, 0.15) is 70.5 Å². The fourth-order valence-corrected chi connectivity index (χ4v) is 4.76. The Hall–Kier alpha value is -2.58. The van der Waals surface area contributed by atoms with Gasteiger partial charge in [0.25, 0.3) is 5.56 Å². The number of ether oxygens (including phenoxy) is 1. The number of rotatable bonds is 7. The maximum absolute atomic E-state index is 13.1. The molecule has 1 aliphatic rings. The molecule has 1 aromatic carbocycles. The molecule has 2 atom stereocenters. The van der Waals surface area contributed by atoms with Crippen molar-refractivity contribution in [2.45, 2.75) is 78.6 Å². The third kappa shape index (κ3) is 5.17. The van der Waals surface area contributed by atoms with Crippen LogP contribution >= 0.6 is 0 Å². The summed E-state index contributed by atoms with van der Waals surface area (Å²) in [5.41, 5.74) is 2.43. The number of benzene rings is 1. The van der Waals surface area contributed by atoms with E-state index in [1.54, 1.807) is 0 Å². The number of pyridine rings is 1. The van der Waals surface area contributed by atoms with Crippen LogP contribution in [0.25, 0.3) is 10.9 Å². The average Bonchev–Trinajstić information content (AvgIpc) is 3.40. The number of aromatic nitrogens is 5. The smallest absolute Gasteiger partial charge is 0.252 e. The predicted octanol–water partition coefficient (Wildman–Crippen LogP) is 3.96. The Labute approximate surface area is 195 Å². The number of hydrogen-bond donors (Lipinski definition) is 1. The number of aryl methyl sites for hydroxylation is 1. The number of hydrogen-bond acceptors (Lipinski definition) is 6. The lowest BCUT2D eigenvalue weighted by Crippen LogP contribution is -2.41. The van der Waals surface area contributed by atoms with E-state index in [0.29, 0.717) is 6.54 Å². The van der Waals surface area contributed by atoms with Crippen molar-refractivity contribution >= 4 is 10.9 Å². The van der Waals surface area contributed by atoms with E-state index < -0.39 is 0 Å². The summed E-state index contributed by atoms with van der Waals surface area (Å²) in [5.74, 6) is 1.06. The summed E-state index contributed by atoms with van der Waals surface area (Å²) in [5, 5.41) is 13.8. The molecule has 178 valence electrons. The number of fused-ring (bicyclic) bond motifs is 1. The number of H-pyrrole nitrogens is 1. The SMILES string of the molecule is Cc1ccc2cc(CN(C[C@H]3CCCO3)[C@H](c3nnnn3C(C)(C)C)C(C)C)c(=O)[nH]c2c1. The first kappa shape index (κ1) is 23.6. The molecule has 8 heteroatoms. The van der Waals surface area contributed by atoms with Crippen molar-refractivity contribution in [3.8, 4) is 0 Å². The molecule has 8 nitrogen and oxygen atoms in total. The van der Waals surface area contributed by atoms with Gasteiger partial charge in [-0.05, 0) is 80.0 Å². The fourth-order valence-electron chi connectivity index (χ4n) is 4.76. The van der Waals surface area contributed by atoms with Gasteiger partial charge in [0.05, 0.1) is 17.7 Å². The van der Waals surface area contributed by atoms with Crippen LogP contribution in [0, 0.1) is 12.8 Å². The molecule has 0 aliphatic carbocycles. The summed E-state index contributed by atoms with van der Waals surface area (Å²) >= 11 is 0. The minimum atomic E-state index is -0.250. The molecule has 0 unspecified atom stereocenters. The first-order valence-corrected chi connectivity index (χ1v) is 11.9. The standard InChI is InChI=1S/C25H36N6O2/c1-16(2)22(23-27-28-29-31(23)25(4,5)6)30(15-20-8-7-11-33-20)14-19-13-18-10-9-17(3)12-21(18)26-24(19)32/h9-10,12-13,16,20,22H,7-8,11,14-15H2,1-6H3,(H,26,32)/t20-,22+/m1/s1. The highest BCUT2D eigenvalue weighted by atomic mass is 16.5. The zero-order valence-electron chi connectivity index (χ0n) is 20.6. The van der Waals surface area contributed by atoms with Crippen molar-refractivity contribution in [1.82, 2.24) is 30.1 Å². The highest BCUT2D eigenvalue weighted by Crippen LogP contribution is 2.32. The molecule has 0 amide bonds. The van der Waals surface area contributed by atoms with Crippen LogP contribution in [0.3, 0.4) is 0 Å². The lowest BCUT2D eigenvalue weighted by Gasteiger charge is -2.36. The molecular weight excluding hydrogens is 416 g/mol. The highest BCUT2D eigenvalue weighted by Gasteiger charge is 2.34. The number of nitrogens with zero attached hydrogens (tertiary/aromatic N) is 5. The Morgan fingerprint density at radius 2 is 2.06 bits per heavy atom. The van der Waals surface area contributed by atoms with Gasteiger partial charge in [-0.2, -0.15) is 0 Å². The van der Waals surface area contributed by atoms with E-state index in [2.05, 4.69) is 72.2 Å². The molecule has 0 spiro atoms. The quantitative estimate of drug-likeness (QED) is 0.584. The summed E-state index contributed by atoms with van der Waals surface area (Å²) < 4.78 is 7.90. The van der Waals surface area contributed by atoms with E-state index in [4.69, 9.17) is 4.74 Å². The Balaban J connectivity index is 1.75. The minimum absolute atomic E-state index is 0.0524. The molecule has 0 radical (unpaired) electrons. The van der Waals surface area contributed by atoms with Gasteiger partial charge in [-0.15, -0.1) is 5.10 Å². The highest BCUT2D eigenvalue weighted by molar-refractivity contribution is 5.79. The van der Waals surface area contributed by atoms with E-state index >= 15 is 0 Å². The van der Waals surface area contributed by atoms with Gasteiger partial charge in [-0.25, -0.2) is 4.68 Å². The first-order valence-electron chi connectivity index (χ1n) is 11.9. The number of tetrazole rings is 1. The molecule has 2 aromatic heterocycles. The van der Waals surface area contributed by atoms with Gasteiger partial charge < -0.3 is 9.72 Å². The molecule has 0 bridgehead atoms. The average molecular weight is 453 g/mol. The van der Waals surface area contributed by atoms with Crippen LogP contribution in [0.5, 0.6) is 0 Å². The van der Waals surface area contributed by atoms with E-state index in [1.165, 1.54) is 0 Å². The van der Waals surface area contributed by atoms with Gasteiger partial charge in [0, 0.05) is 30.8 Å². The molecule has 1 fully saturated rings. The Kier molecular flexibility index (Phi) is 6.68. The summed E-state index contributed by atoms with van der Waals surface area (Å²) in [6, 6.07) is 8.10. The minimum Gasteiger partial charge on any atom is -0.377 e. The first-order chi connectivity index (χ1) is 15.6. The number of nitrogens with one attached hydrogen (secondary N) is 1. The topological polar surface area (TPSA) is 88.9 Å². The summed E-state index contributed by atoms with van der Waals surface area (Å²) in [7, 11) is 0. The summed E-state index contributed by atoms with van der Waals surface area (Å²) in [6.07, 6.45) is 2.24. The Morgan fingerprint density at radius 3 is 2.73 bits per heavy atom. The zero-order chi connectivity index (χ0) is 23.8. The Morgan fingerprint density at radius 1 is 1.27 bits per heavy atom. The zero-order valence-corrected chi connectivity index (χ0v) is 20.6. The fraction of sp³-hybridized carbons (Fsp3) is 0.600. The predicted molar refractivity (Wildman–Crippen MR) is 129 cm³/mol. The van der Waals surface area contributed by atoms with Crippen LogP contribution in [0.15, 0.2) is 29.1 Å². The van der Waals surface area contributed by atoms with Gasteiger partial charge in [0.1, 0.15) is 0 Å². The molecule has 0 saturated carbocycles. The molecule has 33 heavy (non-hydrogen) atoms. The lowest BCUT2D eigenvalue weighted by atomic mass is 9.98. The van der Waals surface area contributed by atoms with Gasteiger partial charge in [0.15, 0.2) is 5.82 Å². The third-order valence-corrected chi connectivity index (χ3v) is 6.33. The molecule has 1 aliphatic heterocycles. The largest absolute Gasteiger partial charge is 0.377 e. The maximum atomic E-state index is 13.1. The number of aromatic amines is 1. The van der Waals surface area contributed by atoms with Crippen LogP contribution in [-0.2, 0) is 16.8 Å². The second kappa shape index (κ2) is 9.35. The molecule has 4 rings (SSSR count). The molecule has 3 aromatic rings. The van der Waals surface area contributed by atoms with Crippen molar-refractivity contribution in [3.63, 3.8) is 0 Å².